The van der Waals surface area contributed by atoms with E-state index in [0.717, 1.165) is 12.2 Å². The Balaban J connectivity index is 2.28. The number of nitrogens with two attached hydrogens (primary N) is 1. The van der Waals surface area contributed by atoms with Gasteiger partial charge in [0.1, 0.15) is 0 Å². The maximum Gasteiger partial charge on any atom is 0.237 e. The molecule has 100 valence electrons. The largest absolute Gasteiger partial charge is 0.352 e. The van der Waals surface area contributed by atoms with Crippen molar-refractivity contribution in [2.24, 2.45) is 11.7 Å². The molecule has 1 fully saturated rings. The zero-order valence-electron chi connectivity index (χ0n) is 11.1. The molecule has 0 aromatic carbocycles. The number of rotatable bonds is 6. The Kier molecular flexibility index (Phi) is 6.97. The fraction of sp³-hybridized carbons (Fsp3) is 0.923. The van der Waals surface area contributed by atoms with Crippen LogP contribution in [0.1, 0.15) is 45.4 Å². The van der Waals surface area contributed by atoms with E-state index in [9.17, 15) is 4.79 Å². The summed E-state index contributed by atoms with van der Waals surface area (Å²) in [5, 5.41) is 3.09. The van der Waals surface area contributed by atoms with Gasteiger partial charge in [0, 0.05) is 6.04 Å². The Morgan fingerprint density at radius 3 is 2.65 bits per heavy atom. The van der Waals surface area contributed by atoms with Crippen molar-refractivity contribution in [3.05, 3.63) is 0 Å². The molecule has 3 N–H and O–H groups in total. The van der Waals surface area contributed by atoms with E-state index in [-0.39, 0.29) is 18.0 Å². The van der Waals surface area contributed by atoms with Crippen molar-refractivity contribution in [3.63, 3.8) is 0 Å². The second-order valence-corrected chi connectivity index (χ2v) is 6.07. The molecule has 1 aliphatic rings. The van der Waals surface area contributed by atoms with Crippen molar-refractivity contribution in [3.8, 4) is 0 Å². The summed E-state index contributed by atoms with van der Waals surface area (Å²) in [4.78, 5) is 11.9. The molecule has 4 heteroatoms. The third-order valence-electron chi connectivity index (χ3n) is 3.70. The number of amides is 1. The number of hydrogen-bond acceptors (Lipinski definition) is 3. The van der Waals surface area contributed by atoms with Crippen molar-refractivity contribution in [2.75, 3.05) is 12.0 Å². The normalized spacial score (nSPS) is 20.9. The van der Waals surface area contributed by atoms with Crippen LogP contribution in [0, 0.1) is 5.92 Å². The summed E-state index contributed by atoms with van der Waals surface area (Å²) < 4.78 is 0. The van der Waals surface area contributed by atoms with Crippen molar-refractivity contribution < 1.29 is 4.79 Å². The summed E-state index contributed by atoms with van der Waals surface area (Å²) >= 11 is 1.73. The van der Waals surface area contributed by atoms with Gasteiger partial charge in [-0.15, -0.1) is 0 Å². The average molecular weight is 258 g/mol. The monoisotopic (exact) mass is 258 g/mol. The smallest absolute Gasteiger partial charge is 0.237 e. The molecule has 0 radical (unpaired) electrons. The zero-order valence-corrected chi connectivity index (χ0v) is 11.9. The molecule has 0 aromatic rings. The van der Waals surface area contributed by atoms with E-state index >= 15 is 0 Å². The first-order valence-corrected chi connectivity index (χ1v) is 8.09. The summed E-state index contributed by atoms with van der Waals surface area (Å²) in [5.74, 6) is 1.63. The van der Waals surface area contributed by atoms with Crippen LogP contribution in [0.25, 0.3) is 0 Å². The molecule has 3 nitrogen and oxygen atoms in total. The van der Waals surface area contributed by atoms with Gasteiger partial charge in [-0.05, 0) is 44.1 Å². The fourth-order valence-electron chi connectivity index (χ4n) is 2.46. The van der Waals surface area contributed by atoms with Gasteiger partial charge >= 0.3 is 0 Å². The highest BCUT2D eigenvalue weighted by Gasteiger charge is 2.23. The van der Waals surface area contributed by atoms with Gasteiger partial charge in [-0.1, -0.05) is 19.3 Å². The minimum atomic E-state index is -0.339. The van der Waals surface area contributed by atoms with Crippen molar-refractivity contribution in [1.29, 1.82) is 0 Å². The molecule has 1 aliphatic carbocycles. The van der Waals surface area contributed by atoms with Gasteiger partial charge in [-0.25, -0.2) is 0 Å². The second kappa shape index (κ2) is 7.98. The van der Waals surface area contributed by atoms with Crippen molar-refractivity contribution in [1.82, 2.24) is 5.32 Å². The molecular weight excluding hydrogens is 232 g/mol. The van der Waals surface area contributed by atoms with Crippen LogP contribution in [-0.4, -0.2) is 30.0 Å². The molecule has 0 saturated heterocycles. The maximum atomic E-state index is 11.9. The van der Waals surface area contributed by atoms with Gasteiger partial charge in [-0.3, -0.25) is 4.79 Å². The van der Waals surface area contributed by atoms with Gasteiger partial charge in [0.05, 0.1) is 6.04 Å². The number of hydrogen-bond donors (Lipinski definition) is 2. The SMILES string of the molecule is CSCC[C@H](N)C(=O)N[C@H](C)C1CCCCC1. The molecule has 0 unspecified atom stereocenters. The summed E-state index contributed by atoms with van der Waals surface area (Å²) in [6.07, 6.45) is 9.28. The van der Waals surface area contributed by atoms with Crippen LogP contribution in [0.4, 0.5) is 0 Å². The summed E-state index contributed by atoms with van der Waals surface area (Å²) in [6.45, 7) is 2.12. The first-order chi connectivity index (χ1) is 8.15. The first kappa shape index (κ1) is 14.8. The molecule has 0 heterocycles. The third kappa shape index (κ3) is 5.30. The number of nitrogens with one attached hydrogen (secondary N) is 1. The Hall–Kier alpha value is -0.220. The van der Waals surface area contributed by atoms with Crippen LogP contribution in [0.5, 0.6) is 0 Å². The highest BCUT2D eigenvalue weighted by molar-refractivity contribution is 7.98. The lowest BCUT2D eigenvalue weighted by Gasteiger charge is -2.29. The molecule has 0 aliphatic heterocycles. The zero-order chi connectivity index (χ0) is 12.7. The molecule has 1 rings (SSSR count). The highest BCUT2D eigenvalue weighted by atomic mass is 32.2. The Morgan fingerprint density at radius 2 is 2.06 bits per heavy atom. The minimum absolute atomic E-state index is 0.0251. The molecule has 2 atom stereocenters. The molecule has 0 spiro atoms. The lowest BCUT2D eigenvalue weighted by molar-refractivity contribution is -0.123. The van der Waals surface area contributed by atoms with E-state index in [1.807, 2.05) is 6.26 Å². The predicted molar refractivity (Wildman–Crippen MR) is 75.2 cm³/mol. The van der Waals surface area contributed by atoms with Crippen LogP contribution in [-0.2, 0) is 4.79 Å². The number of thioether (sulfide) groups is 1. The average Bonchev–Trinajstić information content (AvgIpc) is 2.36. The van der Waals surface area contributed by atoms with E-state index in [1.165, 1.54) is 32.1 Å². The highest BCUT2D eigenvalue weighted by Crippen LogP contribution is 2.26. The number of carbonyl (C=O) groups is 1. The lowest BCUT2D eigenvalue weighted by Crippen LogP contribution is -2.47. The van der Waals surface area contributed by atoms with Gasteiger partial charge in [0.2, 0.25) is 5.91 Å². The Labute approximate surface area is 109 Å². The van der Waals surface area contributed by atoms with Gasteiger partial charge in [0.25, 0.3) is 0 Å². The van der Waals surface area contributed by atoms with E-state index in [4.69, 9.17) is 5.73 Å². The molecule has 0 bridgehead atoms. The van der Waals surface area contributed by atoms with E-state index in [1.54, 1.807) is 11.8 Å². The topological polar surface area (TPSA) is 55.1 Å². The number of carbonyl (C=O) groups excluding carboxylic acids is 1. The van der Waals surface area contributed by atoms with Crippen LogP contribution in [0.3, 0.4) is 0 Å². The Morgan fingerprint density at radius 1 is 1.41 bits per heavy atom. The third-order valence-corrected chi connectivity index (χ3v) is 4.34. The lowest BCUT2D eigenvalue weighted by atomic mass is 9.84. The van der Waals surface area contributed by atoms with Crippen LogP contribution >= 0.6 is 11.8 Å². The molecular formula is C13H26N2OS. The van der Waals surface area contributed by atoms with Crippen LogP contribution < -0.4 is 11.1 Å². The van der Waals surface area contributed by atoms with Crippen molar-refractivity contribution in [2.45, 2.75) is 57.5 Å². The van der Waals surface area contributed by atoms with E-state index < -0.39 is 0 Å². The van der Waals surface area contributed by atoms with Gasteiger partial charge < -0.3 is 11.1 Å². The first-order valence-electron chi connectivity index (χ1n) is 6.70. The van der Waals surface area contributed by atoms with Crippen molar-refractivity contribution >= 4 is 17.7 Å². The molecule has 17 heavy (non-hydrogen) atoms. The quantitative estimate of drug-likeness (QED) is 0.767. The van der Waals surface area contributed by atoms with Crippen LogP contribution in [0.2, 0.25) is 0 Å². The maximum absolute atomic E-state index is 11.9. The second-order valence-electron chi connectivity index (χ2n) is 5.08. The summed E-state index contributed by atoms with van der Waals surface area (Å²) in [6, 6.07) is -0.0587. The summed E-state index contributed by atoms with van der Waals surface area (Å²) in [7, 11) is 0. The molecule has 0 aromatic heterocycles. The van der Waals surface area contributed by atoms with Gasteiger partial charge in [-0.2, -0.15) is 11.8 Å². The molecule has 1 saturated carbocycles. The van der Waals surface area contributed by atoms with Crippen LogP contribution in [0.15, 0.2) is 0 Å². The molecule has 1 amide bonds. The summed E-state index contributed by atoms with van der Waals surface area (Å²) in [5.41, 5.74) is 5.86. The van der Waals surface area contributed by atoms with E-state index in [0.29, 0.717) is 5.92 Å². The Bertz CT molecular complexity index is 229. The minimum Gasteiger partial charge on any atom is -0.352 e. The fourth-order valence-corrected chi connectivity index (χ4v) is 2.95. The predicted octanol–water partition coefficient (Wildman–Crippen LogP) is 2.15. The standard InChI is InChI=1S/C13H26N2OS/c1-10(11-6-4-3-5-7-11)15-13(16)12(14)8-9-17-2/h10-12H,3-9,14H2,1-2H3,(H,15,16)/t10-,12+/m1/s1. The van der Waals surface area contributed by atoms with E-state index in [2.05, 4.69) is 12.2 Å². The van der Waals surface area contributed by atoms with Gasteiger partial charge in [0.15, 0.2) is 0 Å².